The van der Waals surface area contributed by atoms with Crippen LogP contribution < -0.4 is 0 Å². The van der Waals surface area contributed by atoms with E-state index in [1.807, 2.05) is 0 Å². The third-order valence-corrected chi connectivity index (χ3v) is 5.88. The fourth-order valence-corrected chi connectivity index (χ4v) is 3.59. The van der Waals surface area contributed by atoms with E-state index in [1.54, 1.807) is 0 Å². The molecule has 0 radical (unpaired) electrons. The van der Waals surface area contributed by atoms with Gasteiger partial charge in [-0.1, -0.05) is 6.58 Å². The largest absolute Gasteiger partial charge is 0.503 e. The van der Waals surface area contributed by atoms with Gasteiger partial charge < -0.3 is 19.7 Å². The van der Waals surface area contributed by atoms with Crippen LogP contribution in [0, 0.1) is 5.92 Å². The molecule has 2 N–H and O–H groups in total. The second kappa shape index (κ2) is 8.13. The number of hydrogen-bond acceptors (Lipinski definition) is 7. The lowest BCUT2D eigenvalue weighted by Crippen LogP contribution is -2.31. The number of aromatic hydroxyl groups is 2. The number of methoxy groups -OCH3 is 2. The monoisotopic (exact) mass is 528 g/mol. The third-order valence-electron chi connectivity index (χ3n) is 3.01. The minimum atomic E-state index is -1.69. The van der Waals surface area contributed by atoms with Gasteiger partial charge in [0.25, 0.3) is 0 Å². The molecule has 0 aromatic heterocycles. The SMILES string of the molecule is C=C(C(=O)OC)C(C(=O)OC)C(=O)c1c(Br)c(O)c(O)c(Br)c1Br. The Morgan fingerprint density at radius 3 is 1.92 bits per heavy atom. The predicted molar refractivity (Wildman–Crippen MR) is 93.9 cm³/mol. The zero-order valence-electron chi connectivity index (χ0n) is 12.4. The first-order valence-corrected chi connectivity index (χ1v) is 8.45. The van der Waals surface area contributed by atoms with Crippen molar-refractivity contribution in [3.05, 3.63) is 31.1 Å². The second-order valence-electron chi connectivity index (χ2n) is 4.35. The Morgan fingerprint density at radius 1 is 0.958 bits per heavy atom. The predicted octanol–water partition coefficient (Wildman–Crippen LogP) is 3.09. The minimum Gasteiger partial charge on any atom is -0.503 e. The van der Waals surface area contributed by atoms with E-state index in [2.05, 4.69) is 63.8 Å². The smallest absolute Gasteiger partial charge is 0.334 e. The highest BCUT2D eigenvalue weighted by Gasteiger charge is 2.38. The van der Waals surface area contributed by atoms with Crippen LogP contribution in [0.3, 0.4) is 0 Å². The van der Waals surface area contributed by atoms with Crippen molar-refractivity contribution in [3.63, 3.8) is 0 Å². The Morgan fingerprint density at radius 2 is 1.46 bits per heavy atom. The number of Topliss-reactive ketones (excluding diaryl/α,β-unsaturated/α-hetero) is 1. The number of esters is 2. The molecule has 1 aromatic rings. The van der Waals surface area contributed by atoms with Crippen molar-refractivity contribution in [1.29, 1.82) is 0 Å². The average Bonchev–Trinajstić information content (AvgIpc) is 2.57. The van der Waals surface area contributed by atoms with Crippen molar-refractivity contribution in [1.82, 2.24) is 0 Å². The van der Waals surface area contributed by atoms with E-state index in [0.717, 1.165) is 14.2 Å². The van der Waals surface area contributed by atoms with Crippen LogP contribution in [-0.4, -0.2) is 42.2 Å². The first-order valence-electron chi connectivity index (χ1n) is 6.07. The molecule has 1 rings (SSSR count). The van der Waals surface area contributed by atoms with Crippen molar-refractivity contribution in [2.45, 2.75) is 0 Å². The average molecular weight is 531 g/mol. The van der Waals surface area contributed by atoms with Gasteiger partial charge in [-0.25, -0.2) is 4.79 Å². The van der Waals surface area contributed by atoms with E-state index in [-0.39, 0.29) is 19.0 Å². The number of halogens is 3. The molecule has 1 unspecified atom stereocenters. The highest BCUT2D eigenvalue weighted by molar-refractivity contribution is 9.13. The van der Waals surface area contributed by atoms with Gasteiger partial charge in [0.1, 0.15) is 0 Å². The molecule has 7 nitrogen and oxygen atoms in total. The second-order valence-corrected chi connectivity index (χ2v) is 6.73. The van der Waals surface area contributed by atoms with Crippen LogP contribution in [0.25, 0.3) is 0 Å². The van der Waals surface area contributed by atoms with Gasteiger partial charge in [0, 0.05) is 4.47 Å². The van der Waals surface area contributed by atoms with Gasteiger partial charge in [0.05, 0.1) is 34.3 Å². The highest BCUT2D eigenvalue weighted by atomic mass is 79.9. The summed E-state index contributed by atoms with van der Waals surface area (Å²) in [6.07, 6.45) is 0. The third kappa shape index (κ3) is 3.65. The number of carbonyl (C=O) groups is 3. The molecule has 0 saturated carbocycles. The van der Waals surface area contributed by atoms with E-state index in [9.17, 15) is 24.6 Å². The molecule has 0 bridgehead atoms. The van der Waals surface area contributed by atoms with Crippen molar-refractivity contribution in [2.24, 2.45) is 5.92 Å². The maximum Gasteiger partial charge on any atom is 0.334 e. The van der Waals surface area contributed by atoms with Crippen LogP contribution in [0.1, 0.15) is 10.4 Å². The zero-order chi connectivity index (χ0) is 18.8. The van der Waals surface area contributed by atoms with Crippen LogP contribution in [0.5, 0.6) is 11.5 Å². The molecule has 24 heavy (non-hydrogen) atoms. The van der Waals surface area contributed by atoms with Crippen LogP contribution in [0.15, 0.2) is 25.6 Å². The Balaban J connectivity index is 3.59. The number of phenolic OH excluding ortho intramolecular Hbond substituents is 2. The molecule has 130 valence electrons. The number of benzene rings is 1. The summed E-state index contributed by atoms with van der Waals surface area (Å²) in [6.45, 7) is 3.41. The summed E-state index contributed by atoms with van der Waals surface area (Å²) in [5.74, 6) is -5.73. The van der Waals surface area contributed by atoms with Crippen LogP contribution in [-0.2, 0) is 19.1 Å². The molecule has 1 atom stereocenters. The molecule has 0 amide bonds. The number of ketones is 1. The van der Waals surface area contributed by atoms with Crippen molar-refractivity contribution >= 4 is 65.5 Å². The van der Waals surface area contributed by atoms with E-state index in [0.29, 0.717) is 0 Å². The number of phenols is 2. The Bertz CT molecular complexity index is 713. The fraction of sp³-hybridized carbons (Fsp3) is 0.214. The normalized spacial score (nSPS) is 11.5. The van der Waals surface area contributed by atoms with Crippen LogP contribution in [0.2, 0.25) is 0 Å². The van der Waals surface area contributed by atoms with Gasteiger partial charge in [-0.05, 0) is 47.8 Å². The Labute approximate surface area is 162 Å². The molecular weight excluding hydrogens is 520 g/mol. The summed E-state index contributed by atoms with van der Waals surface area (Å²) in [5.41, 5.74) is -0.630. The summed E-state index contributed by atoms with van der Waals surface area (Å²) in [5, 5.41) is 19.6. The molecule has 1 aromatic carbocycles. The maximum absolute atomic E-state index is 12.8. The lowest BCUT2D eigenvalue weighted by atomic mass is 9.91. The number of carbonyl (C=O) groups excluding carboxylic acids is 3. The van der Waals surface area contributed by atoms with Gasteiger partial charge >= 0.3 is 11.9 Å². The first kappa shape index (κ1) is 20.7. The summed E-state index contributed by atoms with van der Waals surface area (Å²) < 4.78 is 8.90. The van der Waals surface area contributed by atoms with Gasteiger partial charge in [-0.15, -0.1) is 0 Å². The standard InChI is InChI=1S/C14H11Br3O7/c1-4(13(21)23-2)5(14(22)24-3)10(18)6-7(15)9(17)12(20)11(19)8(6)16/h5,19-20H,1H2,2-3H3. The lowest BCUT2D eigenvalue weighted by molar-refractivity contribution is -0.145. The van der Waals surface area contributed by atoms with E-state index < -0.39 is 40.7 Å². The molecule has 0 fully saturated rings. The van der Waals surface area contributed by atoms with Crippen LogP contribution >= 0.6 is 47.8 Å². The minimum absolute atomic E-state index is 0.0150. The first-order chi connectivity index (χ1) is 11.1. The molecule has 0 heterocycles. The Hall–Kier alpha value is -1.39. The summed E-state index contributed by atoms with van der Waals surface area (Å²) in [6, 6.07) is 0. The lowest BCUT2D eigenvalue weighted by Gasteiger charge is -2.18. The van der Waals surface area contributed by atoms with E-state index in [4.69, 9.17) is 0 Å². The molecule has 0 aliphatic carbocycles. The van der Waals surface area contributed by atoms with Gasteiger partial charge in [0.15, 0.2) is 23.2 Å². The summed E-state index contributed by atoms with van der Waals surface area (Å²) in [7, 11) is 2.11. The molecular formula is C14H11Br3O7. The molecule has 0 aliphatic heterocycles. The van der Waals surface area contributed by atoms with E-state index >= 15 is 0 Å². The number of hydrogen-bond donors (Lipinski definition) is 2. The quantitative estimate of drug-likeness (QED) is 0.150. The van der Waals surface area contributed by atoms with Crippen LogP contribution in [0.4, 0.5) is 0 Å². The molecule has 10 heteroatoms. The summed E-state index contributed by atoms with van der Waals surface area (Å²) in [4.78, 5) is 36.5. The van der Waals surface area contributed by atoms with E-state index in [1.165, 1.54) is 0 Å². The van der Waals surface area contributed by atoms with Crippen molar-refractivity contribution < 1.29 is 34.1 Å². The number of ether oxygens (including phenoxy) is 2. The molecule has 0 spiro atoms. The molecule has 0 saturated heterocycles. The molecule has 0 aliphatic rings. The fourth-order valence-electron chi connectivity index (χ4n) is 1.77. The van der Waals surface area contributed by atoms with Crippen molar-refractivity contribution in [2.75, 3.05) is 14.2 Å². The van der Waals surface area contributed by atoms with Gasteiger partial charge in [-0.3, -0.25) is 9.59 Å². The summed E-state index contributed by atoms with van der Waals surface area (Å²) >= 11 is 9.08. The van der Waals surface area contributed by atoms with Gasteiger partial charge in [-0.2, -0.15) is 0 Å². The Kier molecular flexibility index (Phi) is 6.99. The topological polar surface area (TPSA) is 110 Å². The number of rotatable bonds is 5. The van der Waals surface area contributed by atoms with Crippen molar-refractivity contribution in [3.8, 4) is 11.5 Å². The van der Waals surface area contributed by atoms with Gasteiger partial charge in [0.2, 0.25) is 0 Å². The zero-order valence-corrected chi connectivity index (χ0v) is 17.1. The maximum atomic E-state index is 12.8. The highest BCUT2D eigenvalue weighted by Crippen LogP contribution is 2.47.